The number of hydrogen-bond donors (Lipinski definition) is 3. The maximum atomic E-state index is 15.6. The molecule has 1 spiro atoms. The first-order chi connectivity index (χ1) is 22.1. The van der Waals surface area contributed by atoms with Crippen molar-refractivity contribution in [2.75, 3.05) is 18.6 Å². The second-order valence-electron chi connectivity index (χ2n) is 12.3. The van der Waals surface area contributed by atoms with Crippen molar-refractivity contribution >= 4 is 23.3 Å². The number of benzene rings is 1. The monoisotopic (exact) mass is 655 g/mol. The van der Waals surface area contributed by atoms with E-state index in [-0.39, 0.29) is 60.4 Å². The van der Waals surface area contributed by atoms with Crippen molar-refractivity contribution < 1.29 is 37.0 Å². The highest BCUT2D eigenvalue weighted by atomic mass is 19.4. The van der Waals surface area contributed by atoms with Crippen LogP contribution in [-0.2, 0) is 15.8 Å². The van der Waals surface area contributed by atoms with E-state index in [9.17, 15) is 27.9 Å². The molecule has 15 heteroatoms. The maximum absolute atomic E-state index is 15.6. The van der Waals surface area contributed by atoms with Crippen molar-refractivity contribution in [2.24, 2.45) is 10.7 Å². The van der Waals surface area contributed by atoms with Gasteiger partial charge in [0.05, 0.1) is 18.5 Å². The summed E-state index contributed by atoms with van der Waals surface area (Å²) < 4.78 is 61.3. The van der Waals surface area contributed by atoms with E-state index in [1.807, 2.05) is 11.8 Å². The average Bonchev–Trinajstić information content (AvgIpc) is 3.80. The van der Waals surface area contributed by atoms with Crippen molar-refractivity contribution in [3.05, 3.63) is 64.2 Å². The number of halogens is 4. The quantitative estimate of drug-likeness (QED) is 0.323. The lowest BCUT2D eigenvalue weighted by Crippen LogP contribution is -2.53. The van der Waals surface area contributed by atoms with Crippen molar-refractivity contribution in [3.63, 3.8) is 0 Å². The van der Waals surface area contributed by atoms with Crippen LogP contribution in [-0.4, -0.2) is 62.9 Å². The van der Waals surface area contributed by atoms with Crippen LogP contribution >= 0.6 is 0 Å². The fourth-order valence-electron chi connectivity index (χ4n) is 6.59. The lowest BCUT2D eigenvalue weighted by atomic mass is 9.83. The Morgan fingerprint density at radius 3 is 2.43 bits per heavy atom. The summed E-state index contributed by atoms with van der Waals surface area (Å²) >= 11 is 0. The number of pyridine rings is 1. The van der Waals surface area contributed by atoms with Gasteiger partial charge in [-0.05, 0) is 69.9 Å². The van der Waals surface area contributed by atoms with Crippen LogP contribution in [0.3, 0.4) is 0 Å². The number of amidine groups is 1. The number of carbonyl (C=O) groups is 2. The number of aliphatic hydroxyl groups is 1. The number of aryl methyl sites for hydroxylation is 2. The van der Waals surface area contributed by atoms with Crippen molar-refractivity contribution in [1.29, 1.82) is 0 Å². The Labute approximate surface area is 267 Å². The van der Waals surface area contributed by atoms with Crippen molar-refractivity contribution in [1.82, 2.24) is 20.3 Å². The van der Waals surface area contributed by atoms with Gasteiger partial charge in [0.1, 0.15) is 17.1 Å². The summed E-state index contributed by atoms with van der Waals surface area (Å²) in [5.41, 5.74) is 5.86. The molecule has 11 nitrogen and oxygen atoms in total. The number of nitrogens with two attached hydrogens (primary N) is 1. The lowest BCUT2D eigenvalue weighted by Gasteiger charge is -2.42. The topological polar surface area (TPSA) is 156 Å². The summed E-state index contributed by atoms with van der Waals surface area (Å²) in [4.78, 5) is 44.0. The standard InChI is InChI=1S/C32H33F4N7O4/c1-14-13-31(30(46)41-28(42-31)19-7-8-22(32(34,35)36)40-24(19)17-5-6-17)9-10-43(14)21-12-18(11-20(33)26(21)47-4)23-15(2)38-29(39-16(23)3)25(44)27(37)45/h7-8,11-12,14,17,25,44H,5-6,9-10,13H2,1-4H3,(H2,37,45)(H,41,42,46)/t14-,25?,31+/m0/s1. The predicted octanol–water partition coefficient (Wildman–Crippen LogP) is 4.02. The molecular formula is C32H33F4N7O4. The van der Waals surface area contributed by atoms with Gasteiger partial charge in [-0.1, -0.05) is 0 Å². The Kier molecular flexibility index (Phi) is 7.93. The van der Waals surface area contributed by atoms with E-state index in [1.54, 1.807) is 19.9 Å². The van der Waals surface area contributed by atoms with E-state index in [1.165, 1.54) is 19.2 Å². The Balaban J connectivity index is 1.32. The summed E-state index contributed by atoms with van der Waals surface area (Å²) in [6, 6.07) is 4.91. The largest absolute Gasteiger partial charge is 0.492 e. The molecule has 3 aromatic rings. The van der Waals surface area contributed by atoms with Gasteiger partial charge in [-0.25, -0.2) is 19.3 Å². The lowest BCUT2D eigenvalue weighted by molar-refractivity contribution is -0.141. The van der Waals surface area contributed by atoms with Crippen LogP contribution in [0.15, 0.2) is 29.3 Å². The summed E-state index contributed by atoms with van der Waals surface area (Å²) in [6.07, 6.45) is -4.38. The van der Waals surface area contributed by atoms with Crippen LogP contribution in [0.25, 0.3) is 11.1 Å². The number of amides is 2. The Morgan fingerprint density at radius 2 is 1.85 bits per heavy atom. The number of carbonyl (C=O) groups excluding carboxylic acids is 2. The summed E-state index contributed by atoms with van der Waals surface area (Å²) in [5, 5.41) is 12.9. The number of nitrogens with zero attached hydrogens (tertiary/aromatic N) is 5. The molecule has 2 aromatic heterocycles. The molecule has 1 unspecified atom stereocenters. The molecule has 4 heterocycles. The molecule has 4 N–H and O–H groups in total. The zero-order valence-corrected chi connectivity index (χ0v) is 26.1. The summed E-state index contributed by atoms with van der Waals surface area (Å²) in [6.45, 7) is 5.45. The van der Waals surface area contributed by atoms with Gasteiger partial charge in [0.2, 0.25) is 0 Å². The summed E-state index contributed by atoms with van der Waals surface area (Å²) in [5.74, 6) is -2.08. The van der Waals surface area contributed by atoms with E-state index in [4.69, 9.17) is 15.5 Å². The van der Waals surface area contributed by atoms with Crippen LogP contribution in [0.2, 0.25) is 0 Å². The van der Waals surface area contributed by atoms with Crippen molar-refractivity contribution in [3.8, 4) is 16.9 Å². The van der Waals surface area contributed by atoms with Crippen LogP contribution in [0, 0.1) is 19.7 Å². The third kappa shape index (κ3) is 5.77. The molecule has 3 atom stereocenters. The van der Waals surface area contributed by atoms with Gasteiger partial charge >= 0.3 is 6.18 Å². The van der Waals surface area contributed by atoms with Gasteiger partial charge in [-0.3, -0.25) is 14.6 Å². The number of aromatic nitrogens is 3. The van der Waals surface area contributed by atoms with E-state index in [0.29, 0.717) is 46.6 Å². The molecule has 6 rings (SSSR count). The van der Waals surface area contributed by atoms with Gasteiger partial charge in [-0.15, -0.1) is 0 Å². The first-order valence-electron chi connectivity index (χ1n) is 15.1. The zero-order chi connectivity index (χ0) is 34.0. The number of piperidine rings is 1. The first kappa shape index (κ1) is 32.3. The number of nitrogens with one attached hydrogen (secondary N) is 1. The zero-order valence-electron chi connectivity index (χ0n) is 26.1. The predicted molar refractivity (Wildman–Crippen MR) is 162 cm³/mol. The van der Waals surface area contributed by atoms with Gasteiger partial charge in [0, 0.05) is 47.4 Å². The highest BCUT2D eigenvalue weighted by Crippen LogP contribution is 2.45. The fraction of sp³-hybridized carbons (Fsp3) is 0.438. The van der Waals surface area contributed by atoms with Gasteiger partial charge in [0.25, 0.3) is 11.8 Å². The van der Waals surface area contributed by atoms with Crippen LogP contribution in [0.5, 0.6) is 5.75 Å². The number of alkyl halides is 3. The van der Waals surface area contributed by atoms with E-state index in [0.717, 1.165) is 6.07 Å². The third-order valence-electron chi connectivity index (χ3n) is 8.97. The fourth-order valence-corrected chi connectivity index (χ4v) is 6.59. The number of aliphatic hydroxyl groups excluding tert-OH is 1. The number of primary amides is 1. The second kappa shape index (κ2) is 11.5. The Bertz CT molecular complexity index is 1800. The van der Waals surface area contributed by atoms with Crippen LogP contribution < -0.4 is 20.7 Å². The highest BCUT2D eigenvalue weighted by molar-refractivity contribution is 6.16. The average molecular weight is 656 g/mol. The summed E-state index contributed by atoms with van der Waals surface area (Å²) in [7, 11) is 1.36. The Morgan fingerprint density at radius 1 is 1.17 bits per heavy atom. The van der Waals surface area contributed by atoms with E-state index < -0.39 is 35.2 Å². The van der Waals surface area contributed by atoms with Gasteiger partial charge in [-0.2, -0.15) is 13.2 Å². The van der Waals surface area contributed by atoms with E-state index >= 15 is 4.39 Å². The minimum Gasteiger partial charge on any atom is -0.492 e. The molecule has 2 fully saturated rings. The van der Waals surface area contributed by atoms with Crippen LogP contribution in [0.1, 0.15) is 78.8 Å². The number of rotatable bonds is 7. The molecule has 1 aliphatic carbocycles. The molecule has 3 aliphatic rings. The smallest absolute Gasteiger partial charge is 0.433 e. The second-order valence-corrected chi connectivity index (χ2v) is 12.3. The molecule has 1 saturated heterocycles. The third-order valence-corrected chi connectivity index (χ3v) is 8.97. The molecule has 47 heavy (non-hydrogen) atoms. The minimum atomic E-state index is -4.59. The van der Waals surface area contributed by atoms with Crippen LogP contribution in [0.4, 0.5) is 23.2 Å². The van der Waals surface area contributed by atoms with Crippen molar-refractivity contribution in [2.45, 2.75) is 76.2 Å². The Hall–Kier alpha value is -4.66. The molecule has 0 radical (unpaired) electrons. The molecule has 2 amide bonds. The normalized spacial score (nSPS) is 21.9. The molecule has 1 aromatic carbocycles. The molecule has 0 bridgehead atoms. The maximum Gasteiger partial charge on any atom is 0.433 e. The molecule has 248 valence electrons. The minimum absolute atomic E-state index is 0.00138. The number of hydrogen-bond acceptors (Lipinski definition) is 9. The highest BCUT2D eigenvalue weighted by Gasteiger charge is 2.49. The molecule has 1 saturated carbocycles. The number of aliphatic imine (C=N–C) groups is 1. The first-order valence-corrected chi connectivity index (χ1v) is 15.1. The number of ether oxygens (including phenoxy) is 1. The van der Waals surface area contributed by atoms with Gasteiger partial charge < -0.3 is 25.8 Å². The molecular weight excluding hydrogens is 622 g/mol. The number of methoxy groups -OCH3 is 1. The number of anilines is 1. The van der Waals surface area contributed by atoms with Gasteiger partial charge in [0.15, 0.2) is 23.5 Å². The molecule has 2 aliphatic heterocycles. The van der Waals surface area contributed by atoms with E-state index in [2.05, 4.69) is 20.3 Å². The SMILES string of the molecule is COc1c(F)cc(-c2c(C)nc(C(O)C(N)=O)nc2C)cc1N1CC[C@]2(C[C@@H]1C)N=C(c1ccc(C(F)(F)F)nc1C1CC1)NC2=O.